The van der Waals surface area contributed by atoms with Crippen molar-refractivity contribution >= 4 is 11.0 Å². The molecule has 1 atom stereocenters. The standard InChI is InChI=1S/C16H20FNO/c1-5-18-14(8-10(2)3)16-11(4)13-9-12(17)6-7-15(13)19-16/h6-9,14,18H,5H2,1-4H3. The predicted molar refractivity (Wildman–Crippen MR) is 76.8 cm³/mol. The van der Waals surface area contributed by atoms with E-state index < -0.39 is 0 Å². The van der Waals surface area contributed by atoms with Gasteiger partial charge in [-0.2, -0.15) is 0 Å². The van der Waals surface area contributed by atoms with Gasteiger partial charge in [0.1, 0.15) is 17.2 Å². The van der Waals surface area contributed by atoms with Gasteiger partial charge in [-0.05, 0) is 45.5 Å². The van der Waals surface area contributed by atoms with Crippen molar-refractivity contribution in [1.29, 1.82) is 0 Å². The Labute approximate surface area is 113 Å². The van der Waals surface area contributed by atoms with Crippen LogP contribution in [-0.4, -0.2) is 6.54 Å². The summed E-state index contributed by atoms with van der Waals surface area (Å²) >= 11 is 0. The molecule has 1 aromatic heterocycles. The molecule has 0 radical (unpaired) electrons. The van der Waals surface area contributed by atoms with Gasteiger partial charge in [0, 0.05) is 10.9 Å². The minimum atomic E-state index is -0.231. The summed E-state index contributed by atoms with van der Waals surface area (Å²) in [6.07, 6.45) is 2.13. The summed E-state index contributed by atoms with van der Waals surface area (Å²) in [5.74, 6) is 0.633. The maximum Gasteiger partial charge on any atom is 0.134 e. The molecule has 0 aliphatic rings. The molecule has 0 fully saturated rings. The maximum absolute atomic E-state index is 13.3. The summed E-state index contributed by atoms with van der Waals surface area (Å²) in [5.41, 5.74) is 2.95. The van der Waals surface area contributed by atoms with Crippen molar-refractivity contribution in [3.05, 3.63) is 47.0 Å². The Balaban J connectivity index is 2.53. The van der Waals surface area contributed by atoms with Crippen molar-refractivity contribution in [2.75, 3.05) is 6.54 Å². The van der Waals surface area contributed by atoms with Crippen LogP contribution in [0.15, 0.2) is 34.3 Å². The van der Waals surface area contributed by atoms with Gasteiger partial charge in [0.2, 0.25) is 0 Å². The van der Waals surface area contributed by atoms with E-state index in [9.17, 15) is 4.39 Å². The third-order valence-corrected chi connectivity index (χ3v) is 3.14. The lowest BCUT2D eigenvalue weighted by Crippen LogP contribution is -2.19. The Bertz CT molecular complexity index is 608. The first-order valence-corrected chi connectivity index (χ1v) is 6.60. The molecular weight excluding hydrogens is 241 g/mol. The van der Waals surface area contributed by atoms with E-state index in [-0.39, 0.29) is 11.9 Å². The van der Waals surface area contributed by atoms with Crippen LogP contribution in [0.2, 0.25) is 0 Å². The molecular formula is C16H20FNO. The second-order valence-corrected chi connectivity index (χ2v) is 5.01. The van der Waals surface area contributed by atoms with Gasteiger partial charge in [-0.1, -0.05) is 18.6 Å². The van der Waals surface area contributed by atoms with Gasteiger partial charge in [-0.25, -0.2) is 4.39 Å². The summed E-state index contributed by atoms with van der Waals surface area (Å²) in [4.78, 5) is 0. The van der Waals surface area contributed by atoms with Crippen molar-refractivity contribution in [2.24, 2.45) is 0 Å². The molecule has 19 heavy (non-hydrogen) atoms. The Kier molecular flexibility index (Phi) is 4.05. The fourth-order valence-corrected chi connectivity index (χ4v) is 2.29. The zero-order valence-corrected chi connectivity index (χ0v) is 11.9. The van der Waals surface area contributed by atoms with Crippen LogP contribution in [0.4, 0.5) is 4.39 Å². The molecule has 0 spiro atoms. The van der Waals surface area contributed by atoms with E-state index in [1.165, 1.54) is 17.7 Å². The van der Waals surface area contributed by atoms with Crippen molar-refractivity contribution in [3.8, 4) is 0 Å². The SMILES string of the molecule is CCNC(C=C(C)C)c1oc2ccc(F)cc2c1C. The number of aryl methyl sites for hydroxylation is 1. The normalized spacial score (nSPS) is 12.7. The van der Waals surface area contributed by atoms with Gasteiger partial charge in [0.15, 0.2) is 0 Å². The molecule has 0 saturated carbocycles. The number of rotatable bonds is 4. The van der Waals surface area contributed by atoms with E-state index in [4.69, 9.17) is 4.42 Å². The fraction of sp³-hybridized carbons (Fsp3) is 0.375. The van der Waals surface area contributed by atoms with Gasteiger partial charge in [-0.15, -0.1) is 0 Å². The van der Waals surface area contributed by atoms with Crippen LogP contribution in [0, 0.1) is 12.7 Å². The lowest BCUT2D eigenvalue weighted by atomic mass is 10.1. The molecule has 102 valence electrons. The highest BCUT2D eigenvalue weighted by Gasteiger charge is 2.18. The second-order valence-electron chi connectivity index (χ2n) is 5.01. The summed E-state index contributed by atoms with van der Waals surface area (Å²) in [5, 5.41) is 4.23. The molecule has 0 aliphatic carbocycles. The van der Waals surface area contributed by atoms with Crippen LogP contribution < -0.4 is 5.32 Å². The summed E-state index contributed by atoms with van der Waals surface area (Å²) < 4.78 is 19.2. The number of hydrogen-bond donors (Lipinski definition) is 1. The Morgan fingerprint density at radius 1 is 1.42 bits per heavy atom. The molecule has 3 heteroatoms. The molecule has 1 aromatic carbocycles. The van der Waals surface area contributed by atoms with Crippen LogP contribution >= 0.6 is 0 Å². The first-order chi connectivity index (χ1) is 9.02. The van der Waals surface area contributed by atoms with Gasteiger partial charge in [-0.3, -0.25) is 0 Å². The molecule has 2 nitrogen and oxygen atoms in total. The lowest BCUT2D eigenvalue weighted by molar-refractivity contribution is 0.480. The molecule has 1 heterocycles. The van der Waals surface area contributed by atoms with Gasteiger partial charge < -0.3 is 9.73 Å². The second kappa shape index (κ2) is 5.57. The van der Waals surface area contributed by atoms with E-state index in [1.807, 2.05) is 6.92 Å². The zero-order chi connectivity index (χ0) is 14.0. The number of allylic oxidation sites excluding steroid dienone is 1. The highest BCUT2D eigenvalue weighted by Crippen LogP contribution is 2.31. The zero-order valence-electron chi connectivity index (χ0n) is 11.9. The van der Waals surface area contributed by atoms with Crippen LogP contribution in [0.5, 0.6) is 0 Å². The van der Waals surface area contributed by atoms with E-state index in [2.05, 4.69) is 32.2 Å². The molecule has 0 amide bonds. The molecule has 1 N–H and O–H groups in total. The first-order valence-electron chi connectivity index (χ1n) is 6.60. The van der Waals surface area contributed by atoms with E-state index in [0.717, 1.165) is 28.8 Å². The predicted octanol–water partition coefficient (Wildman–Crippen LogP) is 4.50. The highest BCUT2D eigenvalue weighted by molar-refractivity contribution is 5.82. The minimum absolute atomic E-state index is 0.0328. The number of hydrogen-bond acceptors (Lipinski definition) is 2. The molecule has 0 aliphatic heterocycles. The largest absolute Gasteiger partial charge is 0.459 e. The quantitative estimate of drug-likeness (QED) is 0.820. The van der Waals surface area contributed by atoms with Gasteiger partial charge in [0.05, 0.1) is 6.04 Å². The topological polar surface area (TPSA) is 25.2 Å². The molecule has 0 bridgehead atoms. The number of fused-ring (bicyclic) bond motifs is 1. The number of likely N-dealkylation sites (N-methyl/N-ethyl adjacent to an activating group) is 1. The molecule has 1 unspecified atom stereocenters. The first kappa shape index (κ1) is 13.8. The Morgan fingerprint density at radius 3 is 2.79 bits per heavy atom. The highest BCUT2D eigenvalue weighted by atomic mass is 19.1. The van der Waals surface area contributed by atoms with Crippen LogP contribution in [0.25, 0.3) is 11.0 Å². The average Bonchev–Trinajstić information content (AvgIpc) is 2.66. The monoisotopic (exact) mass is 261 g/mol. The lowest BCUT2D eigenvalue weighted by Gasteiger charge is -2.13. The third-order valence-electron chi connectivity index (χ3n) is 3.14. The molecule has 2 rings (SSSR count). The van der Waals surface area contributed by atoms with Gasteiger partial charge in [0.25, 0.3) is 0 Å². The van der Waals surface area contributed by atoms with E-state index >= 15 is 0 Å². The van der Waals surface area contributed by atoms with Crippen LogP contribution in [-0.2, 0) is 0 Å². The Hall–Kier alpha value is -1.61. The van der Waals surface area contributed by atoms with Crippen LogP contribution in [0.1, 0.15) is 38.1 Å². The van der Waals surface area contributed by atoms with Crippen molar-refractivity contribution in [1.82, 2.24) is 5.32 Å². The minimum Gasteiger partial charge on any atom is -0.459 e. The number of nitrogens with one attached hydrogen (secondary N) is 1. The van der Waals surface area contributed by atoms with E-state index in [1.54, 1.807) is 6.07 Å². The van der Waals surface area contributed by atoms with E-state index in [0.29, 0.717) is 0 Å². The summed E-state index contributed by atoms with van der Waals surface area (Å²) in [7, 11) is 0. The number of furan rings is 1. The Morgan fingerprint density at radius 2 is 2.16 bits per heavy atom. The summed E-state index contributed by atoms with van der Waals surface area (Å²) in [6, 6.07) is 4.68. The fourth-order valence-electron chi connectivity index (χ4n) is 2.29. The van der Waals surface area contributed by atoms with Crippen molar-refractivity contribution in [2.45, 2.75) is 33.7 Å². The third kappa shape index (κ3) is 2.87. The van der Waals surface area contributed by atoms with Crippen LogP contribution in [0.3, 0.4) is 0 Å². The molecule has 0 saturated heterocycles. The average molecular weight is 261 g/mol. The smallest absolute Gasteiger partial charge is 0.134 e. The molecule has 2 aromatic rings. The number of halogens is 1. The number of benzene rings is 1. The maximum atomic E-state index is 13.3. The summed E-state index contributed by atoms with van der Waals surface area (Å²) in [6.45, 7) is 9.00. The van der Waals surface area contributed by atoms with Gasteiger partial charge >= 0.3 is 0 Å². The van der Waals surface area contributed by atoms with Crippen molar-refractivity contribution < 1.29 is 8.81 Å². The van der Waals surface area contributed by atoms with Crippen molar-refractivity contribution in [3.63, 3.8) is 0 Å².